The zero-order valence-electron chi connectivity index (χ0n) is 13.8. The number of nitrogens with one attached hydrogen (secondary N) is 2. The normalized spacial score (nSPS) is 27.3. The van der Waals surface area contributed by atoms with Crippen molar-refractivity contribution in [1.82, 2.24) is 15.5 Å². The van der Waals surface area contributed by atoms with Crippen LogP contribution in [0.4, 0.5) is 13.6 Å². The van der Waals surface area contributed by atoms with E-state index in [9.17, 15) is 18.4 Å². The molecule has 1 heterocycles. The van der Waals surface area contributed by atoms with Crippen LogP contribution < -0.4 is 10.6 Å². The lowest BCUT2D eigenvalue weighted by atomic mass is 10.0. The Hall–Kier alpha value is -1.89. The molecule has 2 N–H and O–H groups in total. The van der Waals surface area contributed by atoms with Gasteiger partial charge in [-0.2, -0.15) is 0 Å². The molecule has 8 heteroatoms. The summed E-state index contributed by atoms with van der Waals surface area (Å²) in [6, 6.07) is 6.00. The summed E-state index contributed by atoms with van der Waals surface area (Å²) in [6.45, 7) is 0.189. The molecule has 3 unspecified atom stereocenters. The summed E-state index contributed by atoms with van der Waals surface area (Å²) in [7, 11) is 1.69. The van der Waals surface area contributed by atoms with Crippen molar-refractivity contribution in [3.8, 4) is 0 Å². The van der Waals surface area contributed by atoms with Gasteiger partial charge in [-0.15, -0.1) is 0 Å². The number of nitrogens with zero attached hydrogens (tertiary/aromatic N) is 1. The minimum atomic E-state index is -2.57. The Balaban J connectivity index is 1.56. The van der Waals surface area contributed by atoms with Crippen molar-refractivity contribution in [3.63, 3.8) is 0 Å². The maximum atomic E-state index is 12.8. The van der Waals surface area contributed by atoms with E-state index in [0.717, 1.165) is 5.56 Å². The number of alkyl halides is 2. The Labute approximate surface area is 149 Å². The minimum absolute atomic E-state index is 0.0668. The molecule has 1 aliphatic carbocycles. The van der Waals surface area contributed by atoms with Crippen molar-refractivity contribution in [2.24, 2.45) is 5.92 Å². The lowest BCUT2D eigenvalue weighted by molar-refractivity contribution is -0.127. The van der Waals surface area contributed by atoms with Crippen LogP contribution in [-0.4, -0.2) is 42.4 Å². The molecule has 1 aliphatic heterocycles. The third kappa shape index (κ3) is 4.03. The molecule has 1 saturated heterocycles. The molecule has 1 aromatic rings. The Bertz CT molecular complexity index is 668. The topological polar surface area (TPSA) is 61.4 Å². The predicted octanol–water partition coefficient (Wildman–Crippen LogP) is 2.96. The van der Waals surface area contributed by atoms with Gasteiger partial charge in [0.15, 0.2) is 0 Å². The first-order valence-electron chi connectivity index (χ1n) is 8.21. The van der Waals surface area contributed by atoms with Gasteiger partial charge in [0.2, 0.25) is 5.91 Å². The van der Waals surface area contributed by atoms with Gasteiger partial charge in [0.1, 0.15) is 0 Å². The van der Waals surface area contributed by atoms with Gasteiger partial charge < -0.3 is 15.5 Å². The molecule has 0 bridgehead atoms. The molecule has 0 aromatic heterocycles. The van der Waals surface area contributed by atoms with E-state index in [1.807, 2.05) is 12.1 Å². The Morgan fingerprint density at radius 3 is 2.60 bits per heavy atom. The molecule has 136 valence electrons. The summed E-state index contributed by atoms with van der Waals surface area (Å²) < 4.78 is 25.6. The van der Waals surface area contributed by atoms with E-state index in [4.69, 9.17) is 11.6 Å². The maximum absolute atomic E-state index is 12.8. The summed E-state index contributed by atoms with van der Waals surface area (Å²) >= 11 is 5.90. The van der Waals surface area contributed by atoms with E-state index in [1.165, 1.54) is 0 Å². The number of likely N-dealkylation sites (N-methyl/N-ethyl adjacent to an activating group) is 1. The molecule has 3 amide bonds. The van der Waals surface area contributed by atoms with Crippen LogP contribution in [-0.2, 0) is 4.79 Å². The second-order valence-corrected chi connectivity index (χ2v) is 7.10. The van der Waals surface area contributed by atoms with Crippen LogP contribution in [0.2, 0.25) is 5.02 Å². The highest BCUT2D eigenvalue weighted by atomic mass is 35.5. The number of rotatable bonds is 5. The first-order valence-corrected chi connectivity index (χ1v) is 8.59. The van der Waals surface area contributed by atoms with Gasteiger partial charge in [-0.25, -0.2) is 13.6 Å². The summed E-state index contributed by atoms with van der Waals surface area (Å²) in [5.74, 6) is -3.27. The molecule has 0 spiro atoms. The van der Waals surface area contributed by atoms with E-state index in [0.29, 0.717) is 5.02 Å². The first-order chi connectivity index (χ1) is 11.8. The van der Waals surface area contributed by atoms with Crippen LogP contribution in [0, 0.1) is 5.92 Å². The molecule has 1 aromatic carbocycles. The number of benzene rings is 1. The van der Waals surface area contributed by atoms with Gasteiger partial charge in [0.05, 0.1) is 12.1 Å². The Morgan fingerprint density at radius 2 is 2.00 bits per heavy atom. The van der Waals surface area contributed by atoms with Gasteiger partial charge in [0.25, 0.3) is 5.92 Å². The third-order valence-corrected chi connectivity index (χ3v) is 5.10. The SMILES string of the molecule is CN1C(=O)CC(NC(=O)NCCC2CC2(F)F)C1c1ccc(Cl)cc1. The van der Waals surface area contributed by atoms with E-state index < -0.39 is 17.9 Å². The van der Waals surface area contributed by atoms with Crippen molar-refractivity contribution in [2.45, 2.75) is 37.3 Å². The number of carbonyl (C=O) groups excluding carboxylic acids is 2. The minimum Gasteiger partial charge on any atom is -0.338 e. The summed E-state index contributed by atoms with van der Waals surface area (Å²) in [5, 5.41) is 5.97. The fourth-order valence-corrected chi connectivity index (χ4v) is 3.40. The molecule has 2 aliphatic rings. The molecular formula is C17H20ClF2N3O2. The molecule has 2 fully saturated rings. The monoisotopic (exact) mass is 371 g/mol. The second-order valence-electron chi connectivity index (χ2n) is 6.66. The van der Waals surface area contributed by atoms with Crippen LogP contribution in [0.15, 0.2) is 24.3 Å². The Kier molecular flexibility index (Phi) is 4.86. The van der Waals surface area contributed by atoms with Crippen molar-refractivity contribution >= 4 is 23.5 Å². The fraction of sp³-hybridized carbons (Fsp3) is 0.529. The van der Waals surface area contributed by atoms with E-state index in [2.05, 4.69) is 10.6 Å². The third-order valence-electron chi connectivity index (χ3n) is 4.85. The zero-order chi connectivity index (χ0) is 18.2. The molecule has 0 radical (unpaired) electrons. The average Bonchev–Trinajstić information content (AvgIpc) is 3.05. The number of amides is 3. The van der Waals surface area contributed by atoms with Gasteiger partial charge in [-0.1, -0.05) is 23.7 Å². The van der Waals surface area contributed by atoms with Crippen molar-refractivity contribution in [2.75, 3.05) is 13.6 Å². The number of halogens is 3. The number of urea groups is 1. The van der Waals surface area contributed by atoms with E-state index in [-0.39, 0.29) is 43.8 Å². The first kappa shape index (κ1) is 17.9. The van der Waals surface area contributed by atoms with Crippen molar-refractivity contribution in [3.05, 3.63) is 34.9 Å². The second kappa shape index (κ2) is 6.78. The fourth-order valence-electron chi connectivity index (χ4n) is 3.28. The number of carbonyl (C=O) groups is 2. The lowest BCUT2D eigenvalue weighted by Gasteiger charge is -2.26. The highest BCUT2D eigenvalue weighted by Gasteiger charge is 2.55. The smallest absolute Gasteiger partial charge is 0.315 e. The van der Waals surface area contributed by atoms with Crippen LogP contribution in [0.3, 0.4) is 0 Å². The van der Waals surface area contributed by atoms with Gasteiger partial charge in [0, 0.05) is 37.4 Å². The van der Waals surface area contributed by atoms with Gasteiger partial charge in [-0.05, 0) is 24.1 Å². The molecule has 3 atom stereocenters. The number of likely N-dealkylation sites (tertiary alicyclic amines) is 1. The average molecular weight is 372 g/mol. The van der Waals surface area contributed by atoms with Crippen molar-refractivity contribution in [1.29, 1.82) is 0 Å². The number of hydrogen-bond acceptors (Lipinski definition) is 2. The van der Waals surface area contributed by atoms with Crippen LogP contribution >= 0.6 is 11.6 Å². The summed E-state index contributed by atoms with van der Waals surface area (Å²) in [4.78, 5) is 25.7. The Morgan fingerprint density at radius 1 is 1.36 bits per heavy atom. The summed E-state index contributed by atoms with van der Waals surface area (Å²) in [5.41, 5.74) is 0.876. The largest absolute Gasteiger partial charge is 0.338 e. The molecule has 25 heavy (non-hydrogen) atoms. The van der Waals surface area contributed by atoms with Crippen LogP contribution in [0.5, 0.6) is 0 Å². The van der Waals surface area contributed by atoms with Crippen molar-refractivity contribution < 1.29 is 18.4 Å². The van der Waals surface area contributed by atoms with Crippen LogP contribution in [0.25, 0.3) is 0 Å². The van der Waals surface area contributed by atoms with Gasteiger partial charge in [-0.3, -0.25) is 4.79 Å². The van der Waals surface area contributed by atoms with E-state index >= 15 is 0 Å². The summed E-state index contributed by atoms with van der Waals surface area (Å²) in [6.07, 6.45) is 0.347. The highest BCUT2D eigenvalue weighted by molar-refractivity contribution is 6.30. The van der Waals surface area contributed by atoms with E-state index in [1.54, 1.807) is 24.1 Å². The molecule has 1 saturated carbocycles. The number of hydrogen-bond donors (Lipinski definition) is 2. The van der Waals surface area contributed by atoms with Gasteiger partial charge >= 0.3 is 6.03 Å². The zero-order valence-corrected chi connectivity index (χ0v) is 14.5. The predicted molar refractivity (Wildman–Crippen MR) is 89.6 cm³/mol. The van der Waals surface area contributed by atoms with Crippen LogP contribution in [0.1, 0.15) is 30.9 Å². The molecule has 5 nitrogen and oxygen atoms in total. The highest BCUT2D eigenvalue weighted by Crippen LogP contribution is 2.50. The quantitative estimate of drug-likeness (QED) is 0.836. The maximum Gasteiger partial charge on any atom is 0.315 e. The standard InChI is InChI=1S/C17H20ClF2N3O2/c1-23-14(24)8-13(15(23)10-2-4-12(18)5-3-10)22-16(25)21-7-6-11-9-17(11,19)20/h2-5,11,13,15H,6-9H2,1H3,(H2,21,22,25). The molecular weight excluding hydrogens is 352 g/mol. The molecule has 3 rings (SSSR count). The lowest BCUT2D eigenvalue weighted by Crippen LogP contribution is -2.44.